The Hall–Kier alpha value is -1.08. The maximum atomic E-state index is 12.1. The van der Waals surface area contributed by atoms with Crippen LogP contribution >= 0.6 is 38.5 Å². The maximum absolute atomic E-state index is 12.1. The SMILES string of the molecule is CC(Oc1ccc(Br)cc1)C(=O)Nc1ccccc1I. The molecule has 5 heteroatoms. The van der Waals surface area contributed by atoms with Gasteiger partial charge in [0.1, 0.15) is 5.75 Å². The molecule has 20 heavy (non-hydrogen) atoms. The quantitative estimate of drug-likeness (QED) is 0.705. The van der Waals surface area contributed by atoms with Gasteiger partial charge in [0, 0.05) is 8.04 Å². The van der Waals surface area contributed by atoms with E-state index in [4.69, 9.17) is 4.74 Å². The van der Waals surface area contributed by atoms with Crippen molar-refractivity contribution >= 4 is 50.1 Å². The van der Waals surface area contributed by atoms with Crippen LogP contribution in [0.2, 0.25) is 0 Å². The molecular weight excluding hydrogens is 433 g/mol. The van der Waals surface area contributed by atoms with E-state index in [1.807, 2.05) is 48.5 Å². The van der Waals surface area contributed by atoms with Crippen molar-refractivity contribution in [2.45, 2.75) is 13.0 Å². The first-order valence-electron chi connectivity index (χ1n) is 6.04. The first kappa shape index (κ1) is 15.3. The Labute approximate surface area is 140 Å². The summed E-state index contributed by atoms with van der Waals surface area (Å²) in [4.78, 5) is 12.1. The number of halogens is 2. The molecule has 0 aromatic heterocycles. The molecule has 0 aliphatic heterocycles. The molecule has 0 saturated heterocycles. The number of carbonyl (C=O) groups is 1. The highest BCUT2D eigenvalue weighted by Crippen LogP contribution is 2.19. The van der Waals surface area contributed by atoms with Crippen LogP contribution in [0.15, 0.2) is 53.0 Å². The summed E-state index contributed by atoms with van der Waals surface area (Å²) in [5, 5.41) is 2.86. The molecule has 2 rings (SSSR count). The van der Waals surface area contributed by atoms with Crippen LogP contribution in [-0.4, -0.2) is 12.0 Å². The number of para-hydroxylation sites is 1. The maximum Gasteiger partial charge on any atom is 0.265 e. The van der Waals surface area contributed by atoms with E-state index in [1.54, 1.807) is 6.92 Å². The fraction of sp³-hybridized carbons (Fsp3) is 0.133. The summed E-state index contributed by atoms with van der Waals surface area (Å²) in [5.74, 6) is 0.496. The van der Waals surface area contributed by atoms with E-state index in [-0.39, 0.29) is 5.91 Å². The first-order chi connectivity index (χ1) is 9.56. The predicted molar refractivity (Wildman–Crippen MR) is 92.0 cm³/mol. The third-order valence-corrected chi connectivity index (χ3v) is 4.10. The van der Waals surface area contributed by atoms with Gasteiger partial charge in [-0.15, -0.1) is 0 Å². The van der Waals surface area contributed by atoms with Gasteiger partial charge in [-0.25, -0.2) is 0 Å². The molecule has 1 unspecified atom stereocenters. The number of anilines is 1. The van der Waals surface area contributed by atoms with Gasteiger partial charge < -0.3 is 10.1 Å². The average molecular weight is 446 g/mol. The van der Waals surface area contributed by atoms with Crippen molar-refractivity contribution in [2.24, 2.45) is 0 Å². The summed E-state index contributed by atoms with van der Waals surface area (Å²) in [7, 11) is 0. The zero-order valence-electron chi connectivity index (χ0n) is 10.8. The molecule has 0 aliphatic carbocycles. The summed E-state index contributed by atoms with van der Waals surface area (Å²) in [6.07, 6.45) is -0.563. The summed E-state index contributed by atoms with van der Waals surface area (Å²) in [6, 6.07) is 15.0. The monoisotopic (exact) mass is 445 g/mol. The van der Waals surface area contributed by atoms with Gasteiger partial charge in [-0.05, 0) is 65.9 Å². The van der Waals surface area contributed by atoms with Crippen LogP contribution in [0.1, 0.15) is 6.92 Å². The minimum absolute atomic E-state index is 0.169. The molecule has 2 aromatic rings. The smallest absolute Gasteiger partial charge is 0.265 e. The zero-order valence-corrected chi connectivity index (χ0v) is 14.5. The standard InChI is InChI=1S/C15H13BrINO2/c1-10(20-12-8-6-11(16)7-9-12)15(19)18-14-5-3-2-4-13(14)17/h2-10H,1H3,(H,18,19). The summed E-state index contributed by atoms with van der Waals surface area (Å²) in [5.41, 5.74) is 0.796. The van der Waals surface area contributed by atoms with Crippen LogP contribution in [0.4, 0.5) is 5.69 Å². The van der Waals surface area contributed by atoms with Crippen LogP contribution in [-0.2, 0) is 4.79 Å². The van der Waals surface area contributed by atoms with Crippen LogP contribution in [0.25, 0.3) is 0 Å². The molecule has 0 saturated carbocycles. The van der Waals surface area contributed by atoms with Crippen LogP contribution in [0, 0.1) is 3.57 Å². The molecule has 104 valence electrons. The van der Waals surface area contributed by atoms with E-state index >= 15 is 0 Å². The Morgan fingerprint density at radius 2 is 1.85 bits per heavy atom. The molecule has 0 heterocycles. The van der Waals surface area contributed by atoms with Gasteiger partial charge in [0.25, 0.3) is 5.91 Å². The third-order valence-electron chi connectivity index (χ3n) is 2.63. The minimum atomic E-state index is -0.563. The van der Waals surface area contributed by atoms with E-state index in [2.05, 4.69) is 43.8 Å². The first-order valence-corrected chi connectivity index (χ1v) is 7.91. The van der Waals surface area contributed by atoms with E-state index < -0.39 is 6.10 Å². The fourth-order valence-electron chi connectivity index (χ4n) is 1.57. The third kappa shape index (κ3) is 4.21. The Kier molecular flexibility index (Phi) is 5.42. The second kappa shape index (κ2) is 7.08. The van der Waals surface area contributed by atoms with Gasteiger partial charge in [-0.1, -0.05) is 28.1 Å². The van der Waals surface area contributed by atoms with E-state index in [0.717, 1.165) is 13.7 Å². The Balaban J connectivity index is 1.99. The molecule has 2 aromatic carbocycles. The number of nitrogens with one attached hydrogen (secondary N) is 1. The van der Waals surface area contributed by atoms with Gasteiger partial charge in [0.15, 0.2) is 6.10 Å². The van der Waals surface area contributed by atoms with Crippen LogP contribution < -0.4 is 10.1 Å². The van der Waals surface area contributed by atoms with Crippen molar-refractivity contribution in [1.29, 1.82) is 0 Å². The Bertz CT molecular complexity index is 601. The lowest BCUT2D eigenvalue weighted by Gasteiger charge is -2.15. The molecule has 1 amide bonds. The molecule has 1 N–H and O–H groups in total. The Morgan fingerprint density at radius 1 is 1.20 bits per heavy atom. The number of hydrogen-bond acceptors (Lipinski definition) is 2. The van der Waals surface area contributed by atoms with E-state index in [9.17, 15) is 4.79 Å². The van der Waals surface area contributed by atoms with Crippen molar-refractivity contribution in [3.8, 4) is 5.75 Å². The highest BCUT2D eigenvalue weighted by molar-refractivity contribution is 14.1. The second-order valence-electron chi connectivity index (χ2n) is 4.18. The van der Waals surface area contributed by atoms with Crippen molar-refractivity contribution < 1.29 is 9.53 Å². The summed E-state index contributed by atoms with van der Waals surface area (Å²) >= 11 is 5.54. The molecule has 0 fully saturated rings. The molecule has 0 spiro atoms. The lowest BCUT2D eigenvalue weighted by atomic mass is 10.3. The number of amides is 1. The van der Waals surface area contributed by atoms with E-state index in [1.165, 1.54) is 0 Å². The van der Waals surface area contributed by atoms with Crippen molar-refractivity contribution in [3.05, 3.63) is 56.6 Å². The largest absolute Gasteiger partial charge is 0.481 e. The number of benzene rings is 2. The van der Waals surface area contributed by atoms with Crippen LogP contribution in [0.3, 0.4) is 0 Å². The van der Waals surface area contributed by atoms with Gasteiger partial charge in [0.05, 0.1) is 5.69 Å². The van der Waals surface area contributed by atoms with E-state index in [0.29, 0.717) is 5.75 Å². The van der Waals surface area contributed by atoms with Crippen molar-refractivity contribution in [3.63, 3.8) is 0 Å². The van der Waals surface area contributed by atoms with Crippen molar-refractivity contribution in [1.82, 2.24) is 0 Å². The average Bonchev–Trinajstić information content (AvgIpc) is 2.44. The summed E-state index contributed by atoms with van der Waals surface area (Å²) in [6.45, 7) is 1.73. The topological polar surface area (TPSA) is 38.3 Å². The van der Waals surface area contributed by atoms with Gasteiger partial charge in [-0.3, -0.25) is 4.79 Å². The van der Waals surface area contributed by atoms with Gasteiger partial charge in [0.2, 0.25) is 0 Å². The molecule has 0 bridgehead atoms. The second-order valence-corrected chi connectivity index (χ2v) is 6.26. The highest BCUT2D eigenvalue weighted by Gasteiger charge is 2.15. The predicted octanol–water partition coefficient (Wildman–Crippen LogP) is 4.46. The number of rotatable bonds is 4. The van der Waals surface area contributed by atoms with Gasteiger partial charge >= 0.3 is 0 Å². The molecule has 0 aliphatic rings. The van der Waals surface area contributed by atoms with Crippen molar-refractivity contribution in [2.75, 3.05) is 5.32 Å². The normalized spacial score (nSPS) is 11.8. The molecule has 0 radical (unpaired) electrons. The molecular formula is C15H13BrINO2. The Morgan fingerprint density at radius 3 is 2.50 bits per heavy atom. The minimum Gasteiger partial charge on any atom is -0.481 e. The number of carbonyl (C=O) groups excluding carboxylic acids is 1. The number of ether oxygens (including phenoxy) is 1. The zero-order chi connectivity index (χ0) is 14.5. The fourth-order valence-corrected chi connectivity index (χ4v) is 2.35. The lowest BCUT2D eigenvalue weighted by molar-refractivity contribution is -0.122. The lowest BCUT2D eigenvalue weighted by Crippen LogP contribution is -2.30. The van der Waals surface area contributed by atoms with Crippen LogP contribution in [0.5, 0.6) is 5.75 Å². The molecule has 1 atom stereocenters. The highest BCUT2D eigenvalue weighted by atomic mass is 127. The summed E-state index contributed by atoms with van der Waals surface area (Å²) < 4.78 is 7.58. The van der Waals surface area contributed by atoms with Gasteiger partial charge in [-0.2, -0.15) is 0 Å². The number of hydrogen-bond donors (Lipinski definition) is 1. The molecule has 3 nitrogen and oxygen atoms in total.